The Morgan fingerprint density at radius 2 is 0.448 bits per heavy atom. The van der Waals surface area contributed by atoms with Gasteiger partial charge in [0.2, 0.25) is 0 Å². The number of ether oxygens (including phenoxy) is 6. The van der Waals surface area contributed by atoms with Gasteiger partial charge in [-0.3, -0.25) is 0 Å². The quantitative estimate of drug-likeness (QED) is 0.0615. The van der Waals surface area contributed by atoms with Crippen LogP contribution in [-0.4, -0.2) is 65.1 Å². The highest BCUT2D eigenvalue weighted by molar-refractivity contribution is 5.64. The maximum absolute atomic E-state index is 6.27. The predicted octanol–water partition coefficient (Wildman–Crippen LogP) is 28.8. The van der Waals surface area contributed by atoms with Gasteiger partial charge in [0.25, 0.3) is 0 Å². The summed E-state index contributed by atoms with van der Waals surface area (Å²) < 4.78 is 36.9. The van der Waals surface area contributed by atoms with Crippen molar-refractivity contribution in [2.24, 2.45) is 47.3 Å². The highest BCUT2D eigenvalue weighted by atomic mass is 16.5. The minimum Gasteiger partial charge on any atom is -0.494 e. The summed E-state index contributed by atoms with van der Waals surface area (Å²) in [6.07, 6.45) is 64.5. The molecule has 0 aromatic heterocycles. The van der Waals surface area contributed by atoms with Crippen molar-refractivity contribution in [1.82, 2.24) is 0 Å². The molecule has 0 N–H and O–H groups in total. The predicted molar refractivity (Wildman–Crippen MR) is 422 cm³/mol. The second kappa shape index (κ2) is 64.9. The number of rotatable bonds is 73. The first-order chi connectivity index (χ1) is 46.8. The normalized spacial score (nSPS) is 14.5. The van der Waals surface area contributed by atoms with E-state index in [1.165, 1.54) is 294 Å². The molecule has 0 aliphatic rings. The van der Waals surface area contributed by atoms with Crippen molar-refractivity contribution in [2.45, 2.75) is 403 Å². The highest BCUT2D eigenvalue weighted by Crippen LogP contribution is 2.28. The van der Waals surface area contributed by atoms with E-state index in [2.05, 4.69) is 132 Å². The summed E-state index contributed by atoms with van der Waals surface area (Å²) >= 11 is 0. The minimum atomic E-state index is 0.249. The molecule has 0 radical (unpaired) electrons. The van der Waals surface area contributed by atoms with Crippen molar-refractivity contribution in [2.75, 3.05) is 52.9 Å². The lowest BCUT2D eigenvalue weighted by Crippen LogP contribution is -2.20. The molecule has 0 bridgehead atoms. The summed E-state index contributed by atoms with van der Waals surface area (Å²) in [5, 5.41) is 0. The van der Waals surface area contributed by atoms with Gasteiger partial charge in [0.1, 0.15) is 11.5 Å². The molecule has 2 aromatic carbocycles. The molecule has 8 atom stereocenters. The molecule has 0 aliphatic heterocycles. The van der Waals surface area contributed by atoms with Crippen LogP contribution in [0.3, 0.4) is 0 Å². The van der Waals surface area contributed by atoms with Gasteiger partial charge in [-0.1, -0.05) is 364 Å². The van der Waals surface area contributed by atoms with Gasteiger partial charge in [0.15, 0.2) is 0 Å². The van der Waals surface area contributed by atoms with Crippen LogP contribution in [0.1, 0.15) is 391 Å². The maximum atomic E-state index is 6.27. The molecule has 8 unspecified atom stereocenters. The van der Waals surface area contributed by atoms with Crippen LogP contribution in [0.2, 0.25) is 0 Å². The van der Waals surface area contributed by atoms with Crippen LogP contribution in [0.15, 0.2) is 48.5 Å². The Morgan fingerprint density at radius 3 is 0.688 bits per heavy atom. The molecule has 0 heterocycles. The first-order valence-corrected chi connectivity index (χ1v) is 42.6. The summed E-state index contributed by atoms with van der Waals surface area (Å²) in [4.78, 5) is 0. The smallest absolute Gasteiger partial charge is 0.119 e. The van der Waals surface area contributed by atoms with E-state index in [0.29, 0.717) is 0 Å². The monoisotopic (exact) mass is 1340 g/mol. The summed E-state index contributed by atoms with van der Waals surface area (Å²) in [7, 11) is 0. The SMILES string of the molecule is CCC(COCCCCCCCCCCCCCCCOc1ccc(-c2ccc(OCCCCCCCCCCCCCCCOCC(CC)OCCC(C)CCCC(C)CCCC(C)CCCC(C)C)cc2)cc1)OCCC(C)CCCC(C)CCCC(C)CCCC(C)C. The van der Waals surface area contributed by atoms with E-state index in [1.807, 2.05) is 0 Å². The van der Waals surface area contributed by atoms with Crippen LogP contribution in [0, 0.1) is 47.3 Å². The average molecular weight is 1340 g/mol. The molecular weight excluding hydrogens is 1180 g/mol. The summed E-state index contributed by atoms with van der Waals surface area (Å²) in [6.45, 7) is 35.2. The molecule has 562 valence electrons. The van der Waals surface area contributed by atoms with E-state index in [-0.39, 0.29) is 12.2 Å². The zero-order valence-corrected chi connectivity index (χ0v) is 66.4. The van der Waals surface area contributed by atoms with Gasteiger partial charge in [-0.2, -0.15) is 0 Å². The van der Waals surface area contributed by atoms with Crippen LogP contribution in [0.4, 0.5) is 0 Å². The number of hydrogen-bond acceptors (Lipinski definition) is 6. The fourth-order valence-electron chi connectivity index (χ4n) is 14.1. The highest BCUT2D eigenvalue weighted by Gasteiger charge is 2.14. The summed E-state index contributed by atoms with van der Waals surface area (Å²) in [5.74, 6) is 8.70. The van der Waals surface area contributed by atoms with Gasteiger partial charge in [-0.25, -0.2) is 0 Å². The number of benzene rings is 2. The van der Waals surface area contributed by atoms with Crippen molar-refractivity contribution < 1.29 is 28.4 Å². The van der Waals surface area contributed by atoms with Crippen molar-refractivity contribution >= 4 is 0 Å². The topological polar surface area (TPSA) is 55.4 Å². The summed E-state index contributed by atoms with van der Waals surface area (Å²) in [5.41, 5.74) is 2.43. The van der Waals surface area contributed by atoms with Crippen LogP contribution in [0.25, 0.3) is 11.1 Å². The van der Waals surface area contributed by atoms with Crippen molar-refractivity contribution in [3.63, 3.8) is 0 Å². The molecule has 0 aliphatic carbocycles. The second-order valence-corrected chi connectivity index (χ2v) is 32.5. The molecule has 6 nitrogen and oxygen atoms in total. The first kappa shape index (κ1) is 90.0. The lowest BCUT2D eigenvalue weighted by atomic mass is 9.91. The molecule has 0 fully saturated rings. The van der Waals surface area contributed by atoms with Crippen LogP contribution >= 0.6 is 0 Å². The van der Waals surface area contributed by atoms with Gasteiger partial charge >= 0.3 is 0 Å². The Kier molecular flexibility index (Phi) is 60.9. The molecule has 0 spiro atoms. The van der Waals surface area contributed by atoms with Crippen molar-refractivity contribution in [1.29, 1.82) is 0 Å². The van der Waals surface area contributed by atoms with Gasteiger partial charge in [0, 0.05) is 26.4 Å². The van der Waals surface area contributed by atoms with Gasteiger partial charge in [0.05, 0.1) is 38.6 Å². The molecule has 6 heteroatoms. The molecule has 96 heavy (non-hydrogen) atoms. The van der Waals surface area contributed by atoms with Crippen molar-refractivity contribution in [3.05, 3.63) is 48.5 Å². The lowest BCUT2D eigenvalue weighted by Gasteiger charge is -2.19. The van der Waals surface area contributed by atoms with Gasteiger partial charge in [-0.15, -0.1) is 0 Å². The third-order valence-electron chi connectivity index (χ3n) is 21.4. The Balaban J connectivity index is 1.31. The summed E-state index contributed by atoms with van der Waals surface area (Å²) in [6, 6.07) is 17.2. The third kappa shape index (κ3) is 56.5. The zero-order valence-electron chi connectivity index (χ0n) is 66.4. The Bertz CT molecular complexity index is 1750. The van der Waals surface area contributed by atoms with Crippen LogP contribution < -0.4 is 9.47 Å². The third-order valence-corrected chi connectivity index (χ3v) is 21.4. The lowest BCUT2D eigenvalue weighted by molar-refractivity contribution is -0.0226. The average Bonchev–Trinajstić information content (AvgIpc) is 1.02. The fourth-order valence-corrected chi connectivity index (χ4v) is 14.1. The molecule has 2 aromatic rings. The Morgan fingerprint density at radius 1 is 0.229 bits per heavy atom. The first-order valence-electron chi connectivity index (χ1n) is 42.6. The second-order valence-electron chi connectivity index (χ2n) is 32.5. The van der Waals surface area contributed by atoms with E-state index in [9.17, 15) is 0 Å². The molecule has 0 saturated carbocycles. The van der Waals surface area contributed by atoms with E-state index in [0.717, 1.165) is 137 Å². The van der Waals surface area contributed by atoms with Gasteiger partial charge in [-0.05, 0) is 134 Å². The molecule has 0 amide bonds. The molecule has 0 saturated heterocycles. The van der Waals surface area contributed by atoms with E-state index >= 15 is 0 Å². The van der Waals surface area contributed by atoms with E-state index < -0.39 is 0 Å². The van der Waals surface area contributed by atoms with Crippen LogP contribution in [0.5, 0.6) is 11.5 Å². The van der Waals surface area contributed by atoms with Crippen LogP contribution in [-0.2, 0) is 18.9 Å². The zero-order chi connectivity index (χ0) is 69.6. The Labute approximate surface area is 600 Å². The van der Waals surface area contributed by atoms with E-state index in [4.69, 9.17) is 28.4 Å². The molecule has 2 rings (SSSR count). The maximum Gasteiger partial charge on any atom is 0.119 e. The fraction of sp³-hybridized carbons (Fsp3) is 0.867. The Hall–Kier alpha value is -2.12. The number of hydrogen-bond donors (Lipinski definition) is 0. The van der Waals surface area contributed by atoms with Gasteiger partial charge < -0.3 is 28.4 Å². The number of unbranched alkanes of at least 4 members (excludes halogenated alkanes) is 24. The van der Waals surface area contributed by atoms with Crippen molar-refractivity contribution in [3.8, 4) is 22.6 Å². The largest absolute Gasteiger partial charge is 0.494 e. The molecular formula is C90H166O6. The van der Waals surface area contributed by atoms with E-state index in [1.54, 1.807) is 0 Å². The minimum absolute atomic E-state index is 0.249. The standard InChI is InChI=1S/C90H166O6/c1-13-87(95-73-67-83(11)57-45-55-81(9)53-43-51-79(7)49-41-47-77(3)4)75-91-69-37-33-29-25-21-17-15-19-23-27-31-35-39-71-93-89-63-59-85(60-64-89)86-61-65-90(66-62-86)94-72-40-36-32-28-24-20-16-18-22-26-30-34-38-70-92-76-88(14-2)96-74-68-84(12)58-46-56-82(10)54-44-52-80(8)50-42-48-78(5)6/h59-66,77-84,87-88H,13-58,67-76H2,1-12H3.